The predicted octanol–water partition coefficient (Wildman–Crippen LogP) is 4.55. The summed E-state index contributed by atoms with van der Waals surface area (Å²) in [7, 11) is -3.85. The van der Waals surface area contributed by atoms with E-state index in [0.717, 1.165) is 29.8 Å². The van der Waals surface area contributed by atoms with E-state index in [0.29, 0.717) is 16.4 Å². The smallest absolute Gasteiger partial charge is 0.262 e. The Bertz CT molecular complexity index is 1160. The number of nitrogens with one attached hydrogen (secondary N) is 2. The Kier molecular flexibility index (Phi) is 6.84. The third-order valence-corrected chi connectivity index (χ3v) is 6.86. The quantitative estimate of drug-likeness (QED) is 0.531. The predicted molar refractivity (Wildman–Crippen MR) is 120 cm³/mol. The maximum Gasteiger partial charge on any atom is 0.262 e. The van der Waals surface area contributed by atoms with Gasteiger partial charge in [-0.05, 0) is 55.7 Å². The summed E-state index contributed by atoms with van der Waals surface area (Å²) in [4.78, 5) is 12.7. The van der Waals surface area contributed by atoms with Crippen molar-refractivity contribution in [3.63, 3.8) is 0 Å². The molecule has 0 spiro atoms. The second-order valence-corrected chi connectivity index (χ2v) is 9.73. The number of rotatable bonds is 8. The lowest BCUT2D eigenvalue weighted by Crippen LogP contribution is -2.17. The van der Waals surface area contributed by atoms with Crippen molar-refractivity contribution in [2.45, 2.75) is 44.9 Å². The van der Waals surface area contributed by atoms with Crippen LogP contribution < -0.4 is 10.0 Å². The summed E-state index contributed by atoms with van der Waals surface area (Å²) in [6.07, 6.45) is 2.88. The Morgan fingerprint density at radius 1 is 1.10 bits per heavy atom. The van der Waals surface area contributed by atoms with E-state index < -0.39 is 15.9 Å². The van der Waals surface area contributed by atoms with Crippen LogP contribution in [0.3, 0.4) is 0 Å². The van der Waals surface area contributed by atoms with Crippen LogP contribution >= 0.6 is 11.3 Å². The fraction of sp³-hybridized carbons (Fsp3) is 0.286. The second-order valence-electron chi connectivity index (χ2n) is 7.01. The molecule has 0 unspecified atom stereocenters. The zero-order chi connectivity index (χ0) is 21.7. The Hall–Kier alpha value is -2.78. The van der Waals surface area contributed by atoms with Crippen molar-refractivity contribution in [3.8, 4) is 0 Å². The van der Waals surface area contributed by atoms with Crippen molar-refractivity contribution in [3.05, 3.63) is 64.2 Å². The minimum atomic E-state index is -3.85. The van der Waals surface area contributed by atoms with Crippen LogP contribution in [0.4, 0.5) is 10.8 Å². The monoisotopic (exact) mass is 444 g/mol. The molecule has 1 aromatic heterocycles. The van der Waals surface area contributed by atoms with Gasteiger partial charge in [0.25, 0.3) is 15.9 Å². The summed E-state index contributed by atoms with van der Waals surface area (Å²) in [6.45, 7) is 5.67. The Morgan fingerprint density at radius 2 is 1.90 bits per heavy atom. The molecule has 158 valence electrons. The Balaban J connectivity index is 1.80. The van der Waals surface area contributed by atoms with E-state index >= 15 is 0 Å². The van der Waals surface area contributed by atoms with Crippen molar-refractivity contribution in [1.29, 1.82) is 0 Å². The molecular weight excluding hydrogens is 420 g/mol. The van der Waals surface area contributed by atoms with Gasteiger partial charge in [0, 0.05) is 17.7 Å². The molecule has 1 heterocycles. The molecule has 0 radical (unpaired) electrons. The van der Waals surface area contributed by atoms with Crippen molar-refractivity contribution >= 4 is 38.1 Å². The summed E-state index contributed by atoms with van der Waals surface area (Å²) in [5.74, 6) is -0.430. The number of unbranched alkanes of at least 4 members (excludes halogenated alkanes) is 1. The average Bonchev–Trinajstić information content (AvgIpc) is 3.13. The lowest BCUT2D eigenvalue weighted by Gasteiger charge is -2.12. The molecule has 0 aliphatic rings. The van der Waals surface area contributed by atoms with E-state index in [2.05, 4.69) is 27.2 Å². The first-order chi connectivity index (χ1) is 14.3. The van der Waals surface area contributed by atoms with Gasteiger partial charge < -0.3 is 0 Å². The largest absolute Gasteiger partial charge is 0.296 e. The highest BCUT2D eigenvalue weighted by molar-refractivity contribution is 7.92. The van der Waals surface area contributed by atoms with E-state index in [1.165, 1.54) is 17.4 Å². The van der Waals surface area contributed by atoms with Gasteiger partial charge in [-0.15, -0.1) is 10.2 Å². The van der Waals surface area contributed by atoms with E-state index in [1.807, 2.05) is 13.0 Å². The number of amides is 1. The van der Waals surface area contributed by atoms with Crippen LogP contribution in [0.5, 0.6) is 0 Å². The molecule has 0 saturated heterocycles. The summed E-state index contributed by atoms with van der Waals surface area (Å²) in [5.41, 5.74) is 2.19. The van der Waals surface area contributed by atoms with Gasteiger partial charge in [0.15, 0.2) is 0 Å². The first-order valence-electron chi connectivity index (χ1n) is 9.62. The lowest BCUT2D eigenvalue weighted by molar-refractivity contribution is 0.102. The van der Waals surface area contributed by atoms with Gasteiger partial charge in [0.1, 0.15) is 5.01 Å². The van der Waals surface area contributed by atoms with E-state index in [1.54, 1.807) is 37.3 Å². The fourth-order valence-corrected chi connectivity index (χ4v) is 4.95. The van der Waals surface area contributed by atoms with Gasteiger partial charge in [-0.2, -0.15) is 0 Å². The zero-order valence-electron chi connectivity index (χ0n) is 17.1. The van der Waals surface area contributed by atoms with Gasteiger partial charge in [-0.1, -0.05) is 42.9 Å². The maximum atomic E-state index is 12.9. The van der Waals surface area contributed by atoms with Crippen LogP contribution in [0.25, 0.3) is 0 Å². The molecule has 2 N–H and O–H groups in total. The first-order valence-corrected chi connectivity index (χ1v) is 11.9. The van der Waals surface area contributed by atoms with Crippen molar-refractivity contribution in [2.75, 3.05) is 10.0 Å². The molecule has 2 aromatic carbocycles. The molecule has 30 heavy (non-hydrogen) atoms. The molecule has 3 aromatic rings. The van der Waals surface area contributed by atoms with Gasteiger partial charge in [-0.3, -0.25) is 14.8 Å². The number of carbonyl (C=O) groups excluding carboxylic acids is 1. The van der Waals surface area contributed by atoms with Gasteiger partial charge in [0.2, 0.25) is 5.13 Å². The first kappa shape index (κ1) is 21.9. The third-order valence-electron chi connectivity index (χ3n) is 4.44. The molecule has 1 amide bonds. The Morgan fingerprint density at radius 3 is 2.63 bits per heavy atom. The second kappa shape index (κ2) is 9.36. The zero-order valence-corrected chi connectivity index (χ0v) is 18.7. The molecular formula is C21H24N4O3S2. The van der Waals surface area contributed by atoms with Gasteiger partial charge in [0.05, 0.1) is 4.90 Å². The molecule has 0 bridgehead atoms. The third kappa shape index (κ3) is 5.43. The highest BCUT2D eigenvalue weighted by Crippen LogP contribution is 2.23. The van der Waals surface area contributed by atoms with Crippen molar-refractivity contribution < 1.29 is 13.2 Å². The number of nitrogens with zero attached hydrogens (tertiary/aromatic N) is 2. The number of anilines is 2. The van der Waals surface area contributed by atoms with Crippen LogP contribution in [-0.4, -0.2) is 24.5 Å². The molecule has 0 aliphatic carbocycles. The summed E-state index contributed by atoms with van der Waals surface area (Å²) in [5, 5.41) is 12.0. The van der Waals surface area contributed by atoms with Crippen LogP contribution in [0.1, 0.15) is 46.3 Å². The molecule has 3 rings (SSSR count). The van der Waals surface area contributed by atoms with Crippen LogP contribution in [0, 0.1) is 13.8 Å². The number of hydrogen-bond acceptors (Lipinski definition) is 6. The number of hydrogen-bond donors (Lipinski definition) is 2. The van der Waals surface area contributed by atoms with Crippen LogP contribution in [0.2, 0.25) is 0 Å². The van der Waals surface area contributed by atoms with Gasteiger partial charge in [-0.25, -0.2) is 8.42 Å². The topological polar surface area (TPSA) is 101 Å². The number of sulfonamides is 1. The van der Waals surface area contributed by atoms with E-state index in [-0.39, 0.29) is 10.5 Å². The number of benzene rings is 2. The van der Waals surface area contributed by atoms with Crippen molar-refractivity contribution in [2.24, 2.45) is 0 Å². The maximum absolute atomic E-state index is 12.9. The average molecular weight is 445 g/mol. The standard InChI is InChI=1S/C21H24N4O3S2/c1-4-5-9-19-23-24-21(29-19)22-20(26)16-11-10-15(3)18(13-16)30(27,28)25-17-8-6-7-14(2)12-17/h6-8,10-13,25H,4-5,9H2,1-3H3,(H,22,24,26). The van der Waals surface area contributed by atoms with Crippen molar-refractivity contribution in [1.82, 2.24) is 10.2 Å². The highest BCUT2D eigenvalue weighted by atomic mass is 32.2. The molecule has 0 aliphatic heterocycles. The minimum Gasteiger partial charge on any atom is -0.296 e. The molecule has 9 heteroatoms. The lowest BCUT2D eigenvalue weighted by atomic mass is 10.1. The van der Waals surface area contributed by atoms with Gasteiger partial charge >= 0.3 is 0 Å². The van der Waals surface area contributed by atoms with E-state index in [9.17, 15) is 13.2 Å². The molecule has 0 fully saturated rings. The number of carbonyl (C=O) groups is 1. The normalized spacial score (nSPS) is 11.3. The summed E-state index contributed by atoms with van der Waals surface area (Å²) in [6, 6.07) is 11.7. The number of aryl methyl sites for hydroxylation is 3. The summed E-state index contributed by atoms with van der Waals surface area (Å²) < 4.78 is 28.4. The van der Waals surface area contributed by atoms with Crippen LogP contribution in [0.15, 0.2) is 47.4 Å². The SMILES string of the molecule is CCCCc1nnc(NC(=O)c2ccc(C)c(S(=O)(=O)Nc3cccc(C)c3)c2)s1. The molecule has 0 saturated carbocycles. The number of aromatic nitrogens is 2. The fourth-order valence-electron chi connectivity index (χ4n) is 2.85. The van der Waals surface area contributed by atoms with E-state index in [4.69, 9.17) is 0 Å². The highest BCUT2D eigenvalue weighted by Gasteiger charge is 2.20. The Labute approximate surface area is 180 Å². The molecule has 0 atom stereocenters. The summed E-state index contributed by atoms with van der Waals surface area (Å²) >= 11 is 1.33. The minimum absolute atomic E-state index is 0.0533. The van der Waals surface area contributed by atoms with Crippen LogP contribution in [-0.2, 0) is 16.4 Å². The molecule has 7 nitrogen and oxygen atoms in total.